The van der Waals surface area contributed by atoms with E-state index < -0.39 is 0 Å². The largest absolute Gasteiger partial charge is 0.456 e. The summed E-state index contributed by atoms with van der Waals surface area (Å²) in [5, 5.41) is 7.85. The molecule has 0 bridgehead atoms. The average molecular weight is 743 g/mol. The summed E-state index contributed by atoms with van der Waals surface area (Å²) in [6.45, 7) is 4.68. The van der Waals surface area contributed by atoms with Crippen molar-refractivity contribution in [1.82, 2.24) is 19.1 Å². The number of hydrogen-bond acceptors (Lipinski definition) is 3. The van der Waals surface area contributed by atoms with Crippen LogP contribution in [-0.4, -0.2) is 19.1 Å². The summed E-state index contributed by atoms with van der Waals surface area (Å²) in [4.78, 5) is 11.0. The Kier molecular flexibility index (Phi) is 6.17. The molecule has 0 aliphatic heterocycles. The molecule has 12 aromatic rings. The SMILES string of the molecule is CC1(C)c2ccccc2-c2cc3c4ccc5oc6ccccc6c5c4n(-c4nc(-c5ccc6c(c5)c5ccccc5n6-c5ccccc5)c5ccccc5n4)c3cc21. The first-order valence-corrected chi connectivity index (χ1v) is 19.9. The van der Waals surface area contributed by atoms with Gasteiger partial charge in [0, 0.05) is 49.0 Å². The zero-order chi connectivity index (χ0) is 38.3. The Labute approximate surface area is 333 Å². The van der Waals surface area contributed by atoms with E-state index in [-0.39, 0.29) is 5.41 Å². The fraction of sp³-hybridized carbons (Fsp3) is 0.0566. The summed E-state index contributed by atoms with van der Waals surface area (Å²) in [6, 6.07) is 60.8. The Morgan fingerprint density at radius 1 is 0.466 bits per heavy atom. The van der Waals surface area contributed by atoms with E-state index in [9.17, 15) is 0 Å². The number of hydrogen-bond donors (Lipinski definition) is 0. The Morgan fingerprint density at radius 3 is 2.09 bits per heavy atom. The Morgan fingerprint density at radius 2 is 1.19 bits per heavy atom. The maximum atomic E-state index is 6.52. The molecular weight excluding hydrogens is 709 g/mol. The molecule has 0 amide bonds. The van der Waals surface area contributed by atoms with Gasteiger partial charge in [-0.3, -0.25) is 4.57 Å². The number of para-hydroxylation sites is 4. The van der Waals surface area contributed by atoms with Crippen molar-refractivity contribution >= 4 is 76.5 Å². The van der Waals surface area contributed by atoms with Gasteiger partial charge in [-0.05, 0) is 89.0 Å². The van der Waals surface area contributed by atoms with Gasteiger partial charge in [0.2, 0.25) is 5.95 Å². The van der Waals surface area contributed by atoms with Gasteiger partial charge < -0.3 is 8.98 Å². The van der Waals surface area contributed by atoms with Crippen LogP contribution in [0.5, 0.6) is 0 Å². The predicted molar refractivity (Wildman–Crippen MR) is 238 cm³/mol. The second-order valence-electron chi connectivity index (χ2n) is 16.2. The molecule has 58 heavy (non-hydrogen) atoms. The molecule has 4 heterocycles. The zero-order valence-electron chi connectivity index (χ0n) is 31.9. The van der Waals surface area contributed by atoms with Crippen LogP contribution in [0.3, 0.4) is 0 Å². The molecule has 1 aliphatic carbocycles. The van der Waals surface area contributed by atoms with Crippen molar-refractivity contribution < 1.29 is 4.42 Å². The monoisotopic (exact) mass is 742 g/mol. The van der Waals surface area contributed by atoms with Crippen LogP contribution >= 0.6 is 0 Å². The lowest BCUT2D eigenvalue weighted by molar-refractivity contribution is 0.661. The maximum absolute atomic E-state index is 6.52. The standard InChI is InChI=1S/C53H34N4O/c1-53(2)41-20-10-6-16-33(41)38-29-40-35-25-27-48-49(37-19-9-13-23-47(37)58-48)51(35)57(46(40)30-42(38)53)52-54-43-21-11-7-18-36(43)50(55-52)31-24-26-45-39(28-31)34-17-8-12-22-44(34)56(45)32-14-4-3-5-15-32/h3-30H,1-2H3. The van der Waals surface area contributed by atoms with Crippen LogP contribution in [-0.2, 0) is 5.41 Å². The molecule has 0 unspecified atom stereocenters. The second-order valence-corrected chi connectivity index (χ2v) is 16.2. The second kappa shape index (κ2) is 11.3. The van der Waals surface area contributed by atoms with Crippen LogP contribution in [0, 0.1) is 0 Å². The number of fused-ring (bicyclic) bond motifs is 14. The van der Waals surface area contributed by atoms with Crippen LogP contribution in [0.1, 0.15) is 25.0 Å². The van der Waals surface area contributed by atoms with E-state index in [1.165, 1.54) is 43.9 Å². The van der Waals surface area contributed by atoms with Crippen molar-refractivity contribution in [2.24, 2.45) is 0 Å². The third-order valence-electron chi connectivity index (χ3n) is 12.7. The number of furan rings is 1. The summed E-state index contributed by atoms with van der Waals surface area (Å²) < 4.78 is 11.2. The molecule has 5 nitrogen and oxygen atoms in total. The number of rotatable bonds is 3. The highest BCUT2D eigenvalue weighted by molar-refractivity contribution is 6.25. The fourth-order valence-corrected chi connectivity index (χ4v) is 10.1. The fourth-order valence-electron chi connectivity index (χ4n) is 10.1. The first kappa shape index (κ1) is 31.7. The lowest BCUT2D eigenvalue weighted by atomic mass is 9.82. The van der Waals surface area contributed by atoms with E-state index in [4.69, 9.17) is 14.4 Å². The average Bonchev–Trinajstić information content (AvgIpc) is 3.98. The van der Waals surface area contributed by atoms with E-state index >= 15 is 0 Å². The van der Waals surface area contributed by atoms with Gasteiger partial charge in [-0.1, -0.05) is 117 Å². The van der Waals surface area contributed by atoms with Gasteiger partial charge in [0.05, 0.1) is 38.7 Å². The number of aromatic nitrogens is 4. The normalized spacial score (nSPS) is 13.5. The summed E-state index contributed by atoms with van der Waals surface area (Å²) >= 11 is 0. The molecule has 0 fully saturated rings. The molecule has 4 aromatic heterocycles. The molecule has 0 spiro atoms. The Balaban J connectivity index is 1.14. The lowest BCUT2D eigenvalue weighted by Crippen LogP contribution is -2.15. The minimum absolute atomic E-state index is 0.178. The predicted octanol–water partition coefficient (Wildman–Crippen LogP) is 13.7. The molecule has 0 radical (unpaired) electrons. The lowest BCUT2D eigenvalue weighted by Gasteiger charge is -2.21. The summed E-state index contributed by atoms with van der Waals surface area (Å²) in [7, 11) is 0. The first-order valence-electron chi connectivity index (χ1n) is 19.9. The van der Waals surface area contributed by atoms with Gasteiger partial charge >= 0.3 is 0 Å². The van der Waals surface area contributed by atoms with E-state index in [2.05, 4.69) is 187 Å². The van der Waals surface area contributed by atoms with E-state index in [0.29, 0.717) is 5.95 Å². The molecule has 0 N–H and O–H groups in total. The van der Waals surface area contributed by atoms with Crippen molar-refractivity contribution in [1.29, 1.82) is 0 Å². The number of nitrogens with zero attached hydrogens (tertiary/aromatic N) is 4. The van der Waals surface area contributed by atoms with Crippen molar-refractivity contribution in [2.45, 2.75) is 19.3 Å². The quantitative estimate of drug-likeness (QED) is 0.181. The highest BCUT2D eigenvalue weighted by atomic mass is 16.3. The topological polar surface area (TPSA) is 48.8 Å². The van der Waals surface area contributed by atoms with Gasteiger partial charge in [-0.2, -0.15) is 0 Å². The van der Waals surface area contributed by atoms with E-state index in [0.717, 1.165) is 71.7 Å². The van der Waals surface area contributed by atoms with Crippen LogP contribution < -0.4 is 0 Å². The van der Waals surface area contributed by atoms with Crippen molar-refractivity contribution in [3.8, 4) is 34.0 Å². The van der Waals surface area contributed by atoms with Gasteiger partial charge in [-0.15, -0.1) is 0 Å². The van der Waals surface area contributed by atoms with Crippen molar-refractivity contribution in [3.05, 3.63) is 181 Å². The molecule has 0 atom stereocenters. The molecule has 8 aromatic carbocycles. The van der Waals surface area contributed by atoms with E-state index in [1.807, 2.05) is 6.07 Å². The third kappa shape index (κ3) is 4.14. The first-order chi connectivity index (χ1) is 28.5. The van der Waals surface area contributed by atoms with Crippen LogP contribution in [0.4, 0.5) is 0 Å². The van der Waals surface area contributed by atoms with Gasteiger partial charge in [0.25, 0.3) is 0 Å². The molecule has 5 heteroatoms. The smallest absolute Gasteiger partial charge is 0.235 e. The summed E-state index contributed by atoms with van der Waals surface area (Å²) in [6.07, 6.45) is 0. The van der Waals surface area contributed by atoms with Crippen LogP contribution in [0.15, 0.2) is 174 Å². The van der Waals surface area contributed by atoms with Gasteiger partial charge in [0.1, 0.15) is 11.2 Å². The van der Waals surface area contributed by atoms with Crippen molar-refractivity contribution in [2.75, 3.05) is 0 Å². The molecule has 0 saturated heterocycles. The number of benzene rings is 8. The minimum Gasteiger partial charge on any atom is -0.456 e. The zero-order valence-corrected chi connectivity index (χ0v) is 31.9. The highest BCUT2D eigenvalue weighted by Crippen LogP contribution is 2.52. The Bertz CT molecular complexity index is 3710. The molecular formula is C53H34N4O. The summed E-state index contributed by atoms with van der Waals surface area (Å²) in [5.41, 5.74) is 15.2. The highest BCUT2D eigenvalue weighted by Gasteiger charge is 2.36. The molecule has 272 valence electrons. The molecule has 1 aliphatic rings. The maximum Gasteiger partial charge on any atom is 0.235 e. The van der Waals surface area contributed by atoms with Crippen LogP contribution in [0.25, 0.3) is 110 Å². The van der Waals surface area contributed by atoms with E-state index in [1.54, 1.807) is 0 Å². The molecule has 0 saturated carbocycles. The third-order valence-corrected chi connectivity index (χ3v) is 12.7. The minimum atomic E-state index is -0.178. The van der Waals surface area contributed by atoms with Gasteiger partial charge in [0.15, 0.2) is 0 Å². The Hall–Kier alpha value is -7.50. The summed E-state index contributed by atoms with van der Waals surface area (Å²) in [5.74, 6) is 0.631. The van der Waals surface area contributed by atoms with Gasteiger partial charge in [-0.25, -0.2) is 9.97 Å². The molecule has 13 rings (SSSR count). The van der Waals surface area contributed by atoms with Crippen molar-refractivity contribution in [3.63, 3.8) is 0 Å². The van der Waals surface area contributed by atoms with Crippen LogP contribution in [0.2, 0.25) is 0 Å².